The van der Waals surface area contributed by atoms with Crippen molar-refractivity contribution in [2.24, 2.45) is 0 Å². The second kappa shape index (κ2) is 9.01. The molecule has 0 radical (unpaired) electrons. The number of hydrogen-bond acceptors (Lipinski definition) is 2. The van der Waals surface area contributed by atoms with E-state index >= 15 is 0 Å². The van der Waals surface area contributed by atoms with E-state index < -0.39 is 0 Å². The maximum absolute atomic E-state index is 4.42. The molecule has 1 aromatic carbocycles. The summed E-state index contributed by atoms with van der Waals surface area (Å²) in [6.45, 7) is 6.36. The van der Waals surface area contributed by atoms with E-state index in [0.29, 0.717) is 0 Å². The van der Waals surface area contributed by atoms with Gasteiger partial charge in [0.1, 0.15) is 11.6 Å². The number of imidazole rings is 2. The molecule has 24 heavy (non-hydrogen) atoms. The molecule has 2 aromatic heterocycles. The van der Waals surface area contributed by atoms with Crippen molar-refractivity contribution in [2.45, 2.75) is 40.0 Å². The molecule has 3 rings (SSSR count). The molecule has 0 aliphatic rings. The van der Waals surface area contributed by atoms with Crippen molar-refractivity contribution in [3.05, 3.63) is 54.2 Å². The number of aromatic amines is 2. The summed E-state index contributed by atoms with van der Waals surface area (Å²) in [5, 5.41) is 0. The third kappa shape index (κ3) is 4.40. The summed E-state index contributed by atoms with van der Waals surface area (Å²) in [5.41, 5.74) is 5.65. The number of H-pyrrole nitrogens is 2. The van der Waals surface area contributed by atoms with Gasteiger partial charge in [0.25, 0.3) is 0 Å². The Morgan fingerprint density at radius 1 is 0.833 bits per heavy atom. The number of nitrogens with zero attached hydrogens (tertiary/aromatic N) is 2. The largest absolute Gasteiger partial charge is 1.00 e. The van der Waals surface area contributed by atoms with Gasteiger partial charge in [-0.3, -0.25) is 0 Å². The fourth-order valence-electron chi connectivity index (χ4n) is 2.69. The van der Waals surface area contributed by atoms with Gasteiger partial charge in [-0.2, -0.15) is 24.1 Å². The minimum atomic E-state index is 0. The fourth-order valence-corrected chi connectivity index (χ4v) is 2.69. The molecule has 4 nitrogen and oxygen atoms in total. The first-order valence-corrected chi connectivity index (χ1v) is 8.30. The van der Waals surface area contributed by atoms with Crippen LogP contribution in [0.5, 0.6) is 0 Å². The van der Waals surface area contributed by atoms with Crippen molar-refractivity contribution in [2.75, 3.05) is 0 Å². The minimum Gasteiger partial charge on any atom is -0.343 e. The third-order valence-electron chi connectivity index (χ3n) is 3.94. The number of rotatable bonds is 6. The van der Waals surface area contributed by atoms with Gasteiger partial charge in [0, 0.05) is 12.8 Å². The van der Waals surface area contributed by atoms with Crippen molar-refractivity contribution < 1.29 is 51.4 Å². The Balaban J connectivity index is 0.00000208. The smallest absolute Gasteiger partial charge is 0.343 e. The van der Waals surface area contributed by atoms with Crippen molar-refractivity contribution in [1.82, 2.24) is 19.9 Å². The minimum absolute atomic E-state index is 0. The monoisotopic (exact) mass is 346 g/mol. The van der Waals surface area contributed by atoms with E-state index in [2.05, 4.69) is 65.3 Å². The molecule has 0 bridgehead atoms. The zero-order valence-corrected chi connectivity index (χ0v) is 18.1. The van der Waals surface area contributed by atoms with Crippen LogP contribution in [0.2, 0.25) is 0 Å². The third-order valence-corrected chi connectivity index (χ3v) is 3.94. The topological polar surface area (TPSA) is 57.4 Å². The summed E-state index contributed by atoms with van der Waals surface area (Å²) in [6.07, 6.45) is 8.90. The second-order valence-electron chi connectivity index (χ2n) is 5.65. The molecule has 2 heterocycles. The Morgan fingerprint density at radius 3 is 1.71 bits per heavy atom. The molecular formula is C19H23KN4. The van der Waals surface area contributed by atoms with Crippen LogP contribution in [0.1, 0.15) is 44.4 Å². The van der Waals surface area contributed by atoms with Gasteiger partial charge in [-0.05, 0) is 0 Å². The number of hydrogen-bond donors (Lipinski definition) is 2. The molecule has 0 fully saturated rings. The number of aromatic nitrogens is 4. The van der Waals surface area contributed by atoms with Crippen LogP contribution >= 0.6 is 0 Å². The Morgan fingerprint density at radius 2 is 1.33 bits per heavy atom. The van der Waals surface area contributed by atoms with Gasteiger partial charge >= 0.3 is 51.4 Å². The van der Waals surface area contributed by atoms with E-state index in [4.69, 9.17) is 0 Å². The van der Waals surface area contributed by atoms with Crippen LogP contribution in [0.3, 0.4) is 0 Å². The Labute approximate surface area is 186 Å². The van der Waals surface area contributed by atoms with Crippen LogP contribution in [0.4, 0.5) is 0 Å². The van der Waals surface area contributed by atoms with Crippen LogP contribution in [-0.2, 0) is 12.8 Å². The standard InChI is InChI=1S/C19H23N4.K/c1-4-7-13-8-14(16-11-20-18(5-2)22-16)10-15(9-13)17-12-21-19(6-3)23-17;/h7-12H,4-6H2,1-3H3,(H,20,22)(H,21,23);/q-1;+1. The number of aryl methyl sites for hydroxylation is 2. The van der Waals surface area contributed by atoms with Crippen molar-refractivity contribution in [3.8, 4) is 22.5 Å². The summed E-state index contributed by atoms with van der Waals surface area (Å²) < 4.78 is 0. The van der Waals surface area contributed by atoms with Gasteiger partial charge in [-0.1, -0.05) is 44.4 Å². The first kappa shape index (κ1) is 19.5. The summed E-state index contributed by atoms with van der Waals surface area (Å²) in [5.74, 6) is 2.03. The number of nitrogens with one attached hydrogen (secondary N) is 2. The van der Waals surface area contributed by atoms with E-state index in [1.54, 1.807) is 0 Å². The molecule has 3 aromatic rings. The molecule has 2 N–H and O–H groups in total. The molecule has 0 aliphatic heterocycles. The van der Waals surface area contributed by atoms with Crippen LogP contribution in [0.15, 0.2) is 30.6 Å². The van der Waals surface area contributed by atoms with Crippen LogP contribution < -0.4 is 51.4 Å². The zero-order valence-electron chi connectivity index (χ0n) is 15.0. The van der Waals surface area contributed by atoms with Crippen molar-refractivity contribution in [3.63, 3.8) is 0 Å². The van der Waals surface area contributed by atoms with Crippen LogP contribution in [0, 0.1) is 6.42 Å². The first-order chi connectivity index (χ1) is 11.2. The second-order valence-corrected chi connectivity index (χ2v) is 5.65. The van der Waals surface area contributed by atoms with E-state index in [1.165, 1.54) is 5.56 Å². The summed E-state index contributed by atoms with van der Waals surface area (Å²) in [7, 11) is 0. The first-order valence-electron chi connectivity index (χ1n) is 8.30. The molecule has 0 amide bonds. The van der Waals surface area contributed by atoms with E-state index in [1.807, 2.05) is 12.4 Å². The molecule has 120 valence electrons. The normalized spacial score (nSPS) is 10.5. The fraction of sp³-hybridized carbons (Fsp3) is 0.316. The molecule has 5 heteroatoms. The van der Waals surface area contributed by atoms with Gasteiger partial charge in [0.15, 0.2) is 0 Å². The quantitative estimate of drug-likeness (QED) is 0.526. The predicted octanol–water partition coefficient (Wildman–Crippen LogP) is 1.56. The summed E-state index contributed by atoms with van der Waals surface area (Å²) in [6, 6.07) is 6.60. The van der Waals surface area contributed by atoms with Gasteiger partial charge < -0.3 is 9.97 Å². The van der Waals surface area contributed by atoms with Crippen LogP contribution in [0.25, 0.3) is 22.5 Å². The van der Waals surface area contributed by atoms with Crippen molar-refractivity contribution in [1.29, 1.82) is 0 Å². The maximum Gasteiger partial charge on any atom is 1.00 e. The predicted molar refractivity (Wildman–Crippen MR) is 94.1 cm³/mol. The van der Waals surface area contributed by atoms with E-state index in [0.717, 1.165) is 53.4 Å². The SMILES string of the molecule is CC[CH-]c1cc(-c2cnc(CC)[nH]2)cc(-c2cnc(CC)[nH]2)c1.[K+]. The van der Waals surface area contributed by atoms with Crippen LogP contribution in [-0.4, -0.2) is 19.9 Å². The molecule has 0 spiro atoms. The average Bonchev–Trinajstić information content (AvgIpc) is 3.24. The Kier molecular flexibility index (Phi) is 7.31. The molecule has 0 saturated heterocycles. The Hall–Kier alpha value is -0.854. The number of benzene rings is 1. The maximum atomic E-state index is 4.42. The zero-order chi connectivity index (χ0) is 16.2. The van der Waals surface area contributed by atoms with Gasteiger partial charge in [-0.25, -0.2) is 9.97 Å². The molecule has 0 unspecified atom stereocenters. The molecule has 0 aliphatic carbocycles. The average molecular weight is 347 g/mol. The van der Waals surface area contributed by atoms with E-state index in [-0.39, 0.29) is 51.4 Å². The summed E-state index contributed by atoms with van der Waals surface area (Å²) in [4.78, 5) is 15.6. The van der Waals surface area contributed by atoms with Gasteiger partial charge in [-0.15, -0.1) is 0 Å². The molecule has 0 saturated carbocycles. The van der Waals surface area contributed by atoms with Crippen molar-refractivity contribution >= 4 is 0 Å². The molecule has 0 atom stereocenters. The van der Waals surface area contributed by atoms with Gasteiger partial charge in [0.05, 0.1) is 23.8 Å². The van der Waals surface area contributed by atoms with Gasteiger partial charge in [0.2, 0.25) is 0 Å². The summed E-state index contributed by atoms with van der Waals surface area (Å²) >= 11 is 0. The van der Waals surface area contributed by atoms with E-state index in [9.17, 15) is 0 Å². The Bertz CT molecular complexity index is 728. The molecular weight excluding hydrogens is 323 g/mol.